The lowest BCUT2D eigenvalue weighted by atomic mass is 9.93. The van der Waals surface area contributed by atoms with Crippen LogP contribution < -0.4 is 10.6 Å². The first-order valence-electron chi connectivity index (χ1n) is 11.3. The predicted molar refractivity (Wildman–Crippen MR) is 144 cm³/mol. The van der Waals surface area contributed by atoms with Gasteiger partial charge in [0.05, 0.1) is 6.04 Å². The van der Waals surface area contributed by atoms with E-state index in [1.54, 1.807) is 0 Å². The Balaban J connectivity index is 1.40. The van der Waals surface area contributed by atoms with E-state index in [4.69, 9.17) is 0 Å². The molecule has 1 heterocycles. The summed E-state index contributed by atoms with van der Waals surface area (Å²) in [4.78, 5) is 0. The fourth-order valence-corrected chi connectivity index (χ4v) is 5.61. The maximum atomic E-state index is 3.70. The number of thiophene rings is 1. The Morgan fingerprint density at radius 1 is 0.667 bits per heavy atom. The summed E-state index contributed by atoms with van der Waals surface area (Å²) < 4.78 is 2.68. The predicted octanol–water partition coefficient (Wildman–Crippen LogP) is 8.32. The van der Waals surface area contributed by atoms with Gasteiger partial charge in [-0.3, -0.25) is 0 Å². The number of para-hydroxylation sites is 2. The van der Waals surface area contributed by atoms with Crippen molar-refractivity contribution < 1.29 is 0 Å². The number of allylic oxidation sites excluding steroid dienone is 2. The number of anilines is 2. The molecule has 1 unspecified atom stereocenters. The van der Waals surface area contributed by atoms with E-state index in [1.165, 1.54) is 37.0 Å². The zero-order valence-corrected chi connectivity index (χ0v) is 19.0. The molecule has 0 aliphatic heterocycles. The number of hydrogen-bond acceptors (Lipinski definition) is 3. The molecule has 2 N–H and O–H groups in total. The maximum absolute atomic E-state index is 3.70. The Hall–Kier alpha value is -3.82. The van der Waals surface area contributed by atoms with Gasteiger partial charge in [0.1, 0.15) is 0 Å². The molecule has 33 heavy (non-hydrogen) atoms. The summed E-state index contributed by atoms with van der Waals surface area (Å²) >= 11 is 1.86. The summed E-state index contributed by atoms with van der Waals surface area (Å²) in [5, 5.41) is 10.0. The van der Waals surface area contributed by atoms with Crippen molar-refractivity contribution in [3.8, 4) is 0 Å². The van der Waals surface area contributed by atoms with E-state index in [0.717, 1.165) is 17.8 Å². The minimum Gasteiger partial charge on any atom is -0.378 e. The van der Waals surface area contributed by atoms with E-state index in [0.29, 0.717) is 0 Å². The molecule has 1 aliphatic carbocycles. The van der Waals surface area contributed by atoms with Crippen LogP contribution in [0.15, 0.2) is 121 Å². The van der Waals surface area contributed by atoms with Gasteiger partial charge >= 0.3 is 0 Å². The van der Waals surface area contributed by atoms with Crippen LogP contribution >= 0.6 is 11.3 Å². The molecule has 1 aliphatic rings. The molecule has 1 atom stereocenters. The average Bonchev–Trinajstić information content (AvgIpc) is 3.23. The van der Waals surface area contributed by atoms with Gasteiger partial charge in [0.15, 0.2) is 0 Å². The average molecular weight is 445 g/mol. The Morgan fingerprint density at radius 3 is 2.18 bits per heavy atom. The third-order valence-corrected chi connectivity index (χ3v) is 7.22. The molecular formula is C30H24N2S. The molecule has 2 nitrogen and oxygen atoms in total. The number of hydrogen-bond donors (Lipinski definition) is 2. The Morgan fingerprint density at radius 2 is 1.36 bits per heavy atom. The van der Waals surface area contributed by atoms with Crippen molar-refractivity contribution in [1.82, 2.24) is 0 Å². The second kappa shape index (κ2) is 8.61. The van der Waals surface area contributed by atoms with Crippen LogP contribution in [0.1, 0.15) is 12.0 Å². The molecule has 6 rings (SSSR count). The normalized spacial score (nSPS) is 15.8. The summed E-state index contributed by atoms with van der Waals surface area (Å²) in [6.45, 7) is 0. The smallest absolute Gasteiger partial charge is 0.0508 e. The fourth-order valence-electron chi connectivity index (χ4n) is 4.53. The molecule has 0 bridgehead atoms. The van der Waals surface area contributed by atoms with Crippen LogP contribution in [0.4, 0.5) is 11.4 Å². The summed E-state index contributed by atoms with van der Waals surface area (Å²) in [6.07, 6.45) is 5.56. The van der Waals surface area contributed by atoms with Crippen LogP contribution in [0, 0.1) is 0 Å². The van der Waals surface area contributed by atoms with E-state index in [-0.39, 0.29) is 6.04 Å². The molecule has 5 aromatic rings. The third-order valence-electron chi connectivity index (χ3n) is 6.06. The summed E-state index contributed by atoms with van der Waals surface area (Å²) in [5.41, 5.74) is 5.95. The highest BCUT2D eigenvalue weighted by Gasteiger charge is 2.17. The maximum Gasteiger partial charge on any atom is 0.0508 e. The van der Waals surface area contributed by atoms with Crippen molar-refractivity contribution in [2.75, 3.05) is 10.6 Å². The van der Waals surface area contributed by atoms with Gasteiger partial charge in [0.25, 0.3) is 0 Å². The van der Waals surface area contributed by atoms with Gasteiger partial charge in [-0.15, -0.1) is 11.3 Å². The minimum atomic E-state index is 0.202. The summed E-state index contributed by atoms with van der Waals surface area (Å²) in [7, 11) is 0. The van der Waals surface area contributed by atoms with Crippen LogP contribution in [0.5, 0.6) is 0 Å². The Labute approximate surface area is 197 Å². The largest absolute Gasteiger partial charge is 0.378 e. The molecular weight excluding hydrogens is 420 g/mol. The first-order chi connectivity index (χ1) is 16.3. The Kier molecular flexibility index (Phi) is 5.17. The van der Waals surface area contributed by atoms with Gasteiger partial charge in [-0.1, -0.05) is 66.7 Å². The highest BCUT2D eigenvalue weighted by molar-refractivity contribution is 7.25. The van der Waals surface area contributed by atoms with Gasteiger partial charge in [-0.2, -0.15) is 0 Å². The molecule has 3 heteroatoms. The standard InChI is InChI=1S/C30H24N2S/c1-3-9-23(10-4-1)31-25-17-22(18-26(20-25)32-24-11-5-2-6-12-24)21-15-16-30-28(19-21)27-13-7-8-14-29(27)33-30/h1-19,25,31-32H,20H2. The van der Waals surface area contributed by atoms with Crippen molar-refractivity contribution in [2.45, 2.75) is 12.5 Å². The van der Waals surface area contributed by atoms with E-state index >= 15 is 0 Å². The van der Waals surface area contributed by atoms with E-state index < -0.39 is 0 Å². The van der Waals surface area contributed by atoms with Crippen molar-refractivity contribution in [3.63, 3.8) is 0 Å². The van der Waals surface area contributed by atoms with E-state index in [9.17, 15) is 0 Å². The van der Waals surface area contributed by atoms with Gasteiger partial charge < -0.3 is 10.6 Å². The Bertz CT molecular complexity index is 1480. The van der Waals surface area contributed by atoms with Gasteiger partial charge in [0, 0.05) is 43.7 Å². The highest BCUT2D eigenvalue weighted by atomic mass is 32.1. The monoisotopic (exact) mass is 444 g/mol. The van der Waals surface area contributed by atoms with Crippen molar-refractivity contribution in [1.29, 1.82) is 0 Å². The fraction of sp³-hybridized carbons (Fsp3) is 0.0667. The highest BCUT2D eigenvalue weighted by Crippen LogP contribution is 2.36. The zero-order chi connectivity index (χ0) is 22.0. The number of rotatable bonds is 5. The minimum absolute atomic E-state index is 0.202. The summed E-state index contributed by atoms with van der Waals surface area (Å²) in [5.74, 6) is 0. The molecule has 0 amide bonds. The van der Waals surface area contributed by atoms with Crippen LogP contribution in [0.2, 0.25) is 0 Å². The van der Waals surface area contributed by atoms with Crippen LogP contribution in [0.25, 0.3) is 25.7 Å². The molecule has 0 saturated heterocycles. The second-order valence-electron chi connectivity index (χ2n) is 8.41. The molecule has 0 spiro atoms. The van der Waals surface area contributed by atoms with Gasteiger partial charge in [-0.05, 0) is 59.7 Å². The molecule has 0 fully saturated rings. The summed E-state index contributed by atoms with van der Waals surface area (Å²) in [6, 6.07) is 36.6. The quantitative estimate of drug-likeness (QED) is 0.285. The van der Waals surface area contributed by atoms with Crippen LogP contribution in [0.3, 0.4) is 0 Å². The molecule has 0 radical (unpaired) electrons. The van der Waals surface area contributed by atoms with Crippen LogP contribution in [-0.4, -0.2) is 6.04 Å². The van der Waals surface area contributed by atoms with Crippen molar-refractivity contribution >= 4 is 48.5 Å². The topological polar surface area (TPSA) is 24.1 Å². The third kappa shape index (κ3) is 4.15. The van der Waals surface area contributed by atoms with Crippen LogP contribution in [-0.2, 0) is 0 Å². The molecule has 4 aromatic carbocycles. The van der Waals surface area contributed by atoms with E-state index in [1.807, 2.05) is 17.4 Å². The molecule has 160 valence electrons. The lowest BCUT2D eigenvalue weighted by molar-refractivity contribution is 0.847. The zero-order valence-electron chi connectivity index (χ0n) is 18.2. The number of benzene rings is 4. The second-order valence-corrected chi connectivity index (χ2v) is 9.50. The van der Waals surface area contributed by atoms with Crippen molar-refractivity contribution in [3.05, 3.63) is 127 Å². The lowest BCUT2D eigenvalue weighted by Gasteiger charge is -2.25. The van der Waals surface area contributed by atoms with Gasteiger partial charge in [-0.25, -0.2) is 0 Å². The first kappa shape index (κ1) is 19.8. The van der Waals surface area contributed by atoms with Crippen molar-refractivity contribution in [2.24, 2.45) is 0 Å². The molecule has 0 saturated carbocycles. The number of fused-ring (bicyclic) bond motifs is 3. The SMILES string of the molecule is C1=C(Nc2ccccc2)CC(Nc2ccccc2)C=C1c1ccc2sc3ccccc3c2c1. The van der Waals surface area contributed by atoms with Gasteiger partial charge in [0.2, 0.25) is 0 Å². The molecule has 1 aromatic heterocycles. The lowest BCUT2D eigenvalue weighted by Crippen LogP contribution is -2.22. The number of nitrogens with one attached hydrogen (secondary N) is 2. The van der Waals surface area contributed by atoms with E-state index in [2.05, 4.69) is 120 Å². The first-order valence-corrected chi connectivity index (χ1v) is 12.1.